The molecule has 1 aromatic rings. The predicted octanol–water partition coefficient (Wildman–Crippen LogP) is 3.77. The lowest BCUT2D eigenvalue weighted by atomic mass is 10.2. The first-order valence-corrected chi connectivity index (χ1v) is 5.41. The van der Waals surface area contributed by atoms with Crippen molar-refractivity contribution in [2.45, 2.75) is 20.8 Å². The average molecular weight is 261 g/mol. The molecule has 2 nitrogen and oxygen atoms in total. The Bertz CT molecular complexity index is 261. The van der Waals surface area contributed by atoms with E-state index in [-0.39, 0.29) is 6.79 Å². The molecule has 0 aromatic heterocycles. The smallest absolute Gasteiger partial charge is 0.188 e. The van der Waals surface area contributed by atoms with E-state index in [9.17, 15) is 0 Å². The van der Waals surface area contributed by atoms with Crippen LogP contribution in [0.2, 0.25) is 0 Å². The summed E-state index contributed by atoms with van der Waals surface area (Å²) < 4.78 is 11.1. The minimum absolute atomic E-state index is 0.289. The van der Waals surface area contributed by atoms with Gasteiger partial charge in [-0.2, -0.15) is 0 Å². The van der Waals surface area contributed by atoms with Gasteiger partial charge in [-0.15, -0.1) is 0 Å². The highest BCUT2D eigenvalue weighted by Crippen LogP contribution is 2.22. The fraction of sp³-hybridized carbons (Fsp3) is 0.455. The van der Waals surface area contributed by atoms with E-state index >= 15 is 0 Å². The van der Waals surface area contributed by atoms with Crippen molar-refractivity contribution in [1.29, 1.82) is 0 Å². The van der Waals surface area contributed by atoms with Crippen molar-refractivity contribution in [2.24, 2.45) is 0 Å². The molecule has 1 aromatic carbocycles. The van der Waals surface area contributed by atoms with Gasteiger partial charge in [0, 0.05) is 11.6 Å². The quantitative estimate of drug-likeness (QED) is 0.771. The highest BCUT2D eigenvalue weighted by atomic mass is 79.9. The number of hydrogen-bond donors (Lipinski definition) is 0. The first-order chi connectivity index (χ1) is 6.74. The van der Waals surface area contributed by atoms with Crippen molar-refractivity contribution in [1.82, 2.24) is 0 Å². The lowest BCUT2D eigenvalue weighted by molar-refractivity contribution is 0.0506. The Morgan fingerprint density at radius 1 is 1.29 bits per heavy atom. The number of methoxy groups -OCH3 is 1. The van der Waals surface area contributed by atoms with Crippen molar-refractivity contribution in [2.75, 3.05) is 13.9 Å². The number of hydrogen-bond acceptors (Lipinski definition) is 2. The van der Waals surface area contributed by atoms with Crippen LogP contribution in [-0.2, 0) is 4.74 Å². The SMILES string of the molecule is CC.COCOc1cc(Br)ccc1C. The van der Waals surface area contributed by atoms with Gasteiger partial charge < -0.3 is 9.47 Å². The summed E-state index contributed by atoms with van der Waals surface area (Å²) in [6.45, 7) is 6.29. The number of benzene rings is 1. The second-order valence-electron chi connectivity index (χ2n) is 2.46. The molecule has 0 aliphatic heterocycles. The predicted molar refractivity (Wildman–Crippen MR) is 62.7 cm³/mol. The highest BCUT2D eigenvalue weighted by molar-refractivity contribution is 9.10. The van der Waals surface area contributed by atoms with Gasteiger partial charge >= 0.3 is 0 Å². The Balaban J connectivity index is 0.000000791. The Kier molecular flexibility index (Phi) is 7.52. The van der Waals surface area contributed by atoms with Crippen molar-refractivity contribution in [3.8, 4) is 5.75 Å². The topological polar surface area (TPSA) is 18.5 Å². The molecule has 0 unspecified atom stereocenters. The molecule has 80 valence electrons. The Morgan fingerprint density at radius 3 is 2.50 bits per heavy atom. The minimum Gasteiger partial charge on any atom is -0.467 e. The second kappa shape index (κ2) is 7.83. The third-order valence-corrected chi connectivity index (χ3v) is 1.98. The highest BCUT2D eigenvalue weighted by Gasteiger charge is 1.98. The van der Waals surface area contributed by atoms with E-state index in [0.717, 1.165) is 15.8 Å². The molecule has 0 atom stereocenters. The lowest BCUT2D eigenvalue weighted by Gasteiger charge is -2.07. The number of aryl methyl sites for hydroxylation is 1. The number of halogens is 1. The van der Waals surface area contributed by atoms with Crippen LogP contribution in [0.15, 0.2) is 22.7 Å². The van der Waals surface area contributed by atoms with E-state index in [0.29, 0.717) is 0 Å². The summed E-state index contributed by atoms with van der Waals surface area (Å²) in [6, 6.07) is 5.90. The molecule has 0 saturated carbocycles. The Hall–Kier alpha value is -0.540. The number of rotatable bonds is 3. The van der Waals surface area contributed by atoms with Crippen LogP contribution in [0.5, 0.6) is 5.75 Å². The maximum Gasteiger partial charge on any atom is 0.188 e. The van der Waals surface area contributed by atoms with Gasteiger partial charge in [0.2, 0.25) is 0 Å². The summed E-state index contributed by atoms with van der Waals surface area (Å²) in [5.74, 6) is 0.853. The van der Waals surface area contributed by atoms with Gasteiger partial charge in [-0.1, -0.05) is 35.8 Å². The van der Waals surface area contributed by atoms with Gasteiger partial charge in [0.25, 0.3) is 0 Å². The molecule has 0 N–H and O–H groups in total. The van der Waals surface area contributed by atoms with Gasteiger partial charge in [-0.3, -0.25) is 0 Å². The number of ether oxygens (including phenoxy) is 2. The Labute approximate surface area is 94.4 Å². The first kappa shape index (κ1) is 13.5. The van der Waals surface area contributed by atoms with E-state index in [1.165, 1.54) is 0 Å². The van der Waals surface area contributed by atoms with E-state index in [1.807, 2.05) is 39.0 Å². The molecular formula is C11H17BrO2. The molecule has 1 rings (SSSR count). The van der Waals surface area contributed by atoms with Crippen LogP contribution >= 0.6 is 15.9 Å². The summed E-state index contributed by atoms with van der Waals surface area (Å²) in [4.78, 5) is 0. The van der Waals surface area contributed by atoms with Gasteiger partial charge in [0.15, 0.2) is 6.79 Å². The molecule has 0 spiro atoms. The zero-order valence-corrected chi connectivity index (χ0v) is 10.7. The van der Waals surface area contributed by atoms with Gasteiger partial charge in [-0.05, 0) is 24.6 Å². The normalized spacial score (nSPS) is 8.93. The van der Waals surface area contributed by atoms with Crippen LogP contribution in [0, 0.1) is 6.92 Å². The average Bonchev–Trinajstić information content (AvgIpc) is 2.22. The molecule has 0 amide bonds. The summed E-state index contributed by atoms with van der Waals surface area (Å²) in [5, 5.41) is 0. The van der Waals surface area contributed by atoms with Crippen LogP contribution in [0.1, 0.15) is 19.4 Å². The van der Waals surface area contributed by atoms with E-state index in [2.05, 4.69) is 15.9 Å². The minimum atomic E-state index is 0.289. The summed E-state index contributed by atoms with van der Waals surface area (Å²) in [7, 11) is 1.60. The fourth-order valence-electron chi connectivity index (χ4n) is 0.852. The molecule has 0 saturated heterocycles. The molecule has 14 heavy (non-hydrogen) atoms. The van der Waals surface area contributed by atoms with Crippen LogP contribution in [0.3, 0.4) is 0 Å². The molecule has 0 bridgehead atoms. The Morgan fingerprint density at radius 2 is 1.93 bits per heavy atom. The van der Waals surface area contributed by atoms with E-state index < -0.39 is 0 Å². The van der Waals surface area contributed by atoms with Gasteiger partial charge in [0.05, 0.1) is 0 Å². The fourth-order valence-corrected chi connectivity index (χ4v) is 1.19. The molecular weight excluding hydrogens is 244 g/mol. The zero-order chi connectivity index (χ0) is 11.0. The first-order valence-electron chi connectivity index (χ1n) is 4.62. The molecule has 3 heteroatoms. The molecule has 0 radical (unpaired) electrons. The van der Waals surface area contributed by atoms with Crippen LogP contribution < -0.4 is 4.74 Å². The standard InChI is InChI=1S/C9H11BrO2.C2H6/c1-7-3-4-8(10)5-9(7)12-6-11-2;1-2/h3-5H,6H2,1-2H3;1-2H3. The summed E-state index contributed by atoms with van der Waals surface area (Å²) in [6.07, 6.45) is 0. The molecule has 0 aliphatic carbocycles. The second-order valence-corrected chi connectivity index (χ2v) is 3.38. The third-order valence-electron chi connectivity index (χ3n) is 1.48. The summed E-state index contributed by atoms with van der Waals surface area (Å²) >= 11 is 3.37. The maximum atomic E-state index is 5.31. The van der Waals surface area contributed by atoms with Gasteiger partial charge in [-0.25, -0.2) is 0 Å². The van der Waals surface area contributed by atoms with Crippen molar-refractivity contribution < 1.29 is 9.47 Å². The molecule has 0 heterocycles. The van der Waals surface area contributed by atoms with Crippen LogP contribution in [-0.4, -0.2) is 13.9 Å². The molecule has 0 fully saturated rings. The van der Waals surface area contributed by atoms with Crippen molar-refractivity contribution in [3.05, 3.63) is 28.2 Å². The zero-order valence-electron chi connectivity index (χ0n) is 9.13. The summed E-state index contributed by atoms with van der Waals surface area (Å²) in [5.41, 5.74) is 1.11. The van der Waals surface area contributed by atoms with Crippen molar-refractivity contribution >= 4 is 15.9 Å². The largest absolute Gasteiger partial charge is 0.467 e. The van der Waals surface area contributed by atoms with Crippen LogP contribution in [0.4, 0.5) is 0 Å². The monoisotopic (exact) mass is 260 g/mol. The van der Waals surface area contributed by atoms with Crippen molar-refractivity contribution in [3.63, 3.8) is 0 Å². The van der Waals surface area contributed by atoms with E-state index in [1.54, 1.807) is 7.11 Å². The maximum absolute atomic E-state index is 5.31. The van der Waals surface area contributed by atoms with E-state index in [4.69, 9.17) is 9.47 Å². The molecule has 0 aliphatic rings. The third kappa shape index (κ3) is 4.63. The van der Waals surface area contributed by atoms with Gasteiger partial charge in [0.1, 0.15) is 5.75 Å². The van der Waals surface area contributed by atoms with Crippen LogP contribution in [0.25, 0.3) is 0 Å². The lowest BCUT2D eigenvalue weighted by Crippen LogP contribution is -1.99.